The van der Waals surface area contributed by atoms with Crippen molar-refractivity contribution < 1.29 is 9.53 Å². The first-order chi connectivity index (χ1) is 11.7. The number of nitrogens with one attached hydrogen (secondary N) is 1. The number of nitrogens with zero attached hydrogens (tertiary/aromatic N) is 1. The monoisotopic (exact) mass is 332 g/mol. The Bertz CT molecular complexity index is 481. The third-order valence-corrected chi connectivity index (χ3v) is 4.89. The van der Waals surface area contributed by atoms with Crippen LogP contribution in [0.2, 0.25) is 0 Å². The van der Waals surface area contributed by atoms with E-state index < -0.39 is 0 Å². The average molecular weight is 332 g/mol. The molecule has 0 bridgehead atoms. The van der Waals surface area contributed by atoms with Gasteiger partial charge in [0.25, 0.3) is 0 Å². The Labute approximate surface area is 146 Å². The molecule has 1 amide bonds. The zero-order chi connectivity index (χ0) is 17.2. The Morgan fingerprint density at radius 2 is 1.92 bits per heavy atom. The van der Waals surface area contributed by atoms with Gasteiger partial charge in [0.1, 0.15) is 5.75 Å². The molecule has 4 heteroatoms. The molecular formula is C20H32N2O2. The molecule has 0 radical (unpaired) electrons. The standard InChI is InChI=1S/C20H32N2O2/c1-22(14-6-9-17-10-12-19(24-2)13-11-17)16-20(23)21-15-18-7-4-3-5-8-18/h10-13,18H,3-9,14-16H2,1-2H3,(H,21,23). The SMILES string of the molecule is COc1ccc(CCCN(C)CC(=O)NCC2CCCCC2)cc1. The van der Waals surface area contributed by atoms with Gasteiger partial charge in [-0.1, -0.05) is 31.4 Å². The van der Waals surface area contributed by atoms with Crippen LogP contribution in [0.15, 0.2) is 24.3 Å². The van der Waals surface area contributed by atoms with E-state index in [1.165, 1.54) is 37.7 Å². The third kappa shape index (κ3) is 6.91. The topological polar surface area (TPSA) is 41.6 Å². The summed E-state index contributed by atoms with van der Waals surface area (Å²) in [5.74, 6) is 1.75. The number of benzene rings is 1. The maximum Gasteiger partial charge on any atom is 0.234 e. The molecule has 24 heavy (non-hydrogen) atoms. The minimum absolute atomic E-state index is 0.160. The van der Waals surface area contributed by atoms with E-state index in [9.17, 15) is 4.79 Å². The Hall–Kier alpha value is -1.55. The van der Waals surface area contributed by atoms with Gasteiger partial charge >= 0.3 is 0 Å². The summed E-state index contributed by atoms with van der Waals surface area (Å²) in [6.45, 7) is 2.29. The van der Waals surface area contributed by atoms with Gasteiger partial charge in [-0.25, -0.2) is 0 Å². The summed E-state index contributed by atoms with van der Waals surface area (Å²) in [6, 6.07) is 8.21. The predicted molar refractivity (Wildman–Crippen MR) is 98.4 cm³/mol. The van der Waals surface area contributed by atoms with Crippen LogP contribution in [0, 0.1) is 5.92 Å². The van der Waals surface area contributed by atoms with E-state index in [4.69, 9.17) is 4.74 Å². The lowest BCUT2D eigenvalue weighted by atomic mass is 9.89. The first-order valence-electron chi connectivity index (χ1n) is 9.25. The number of hydrogen-bond donors (Lipinski definition) is 1. The van der Waals surface area contributed by atoms with Gasteiger partial charge in [0, 0.05) is 6.54 Å². The fraction of sp³-hybridized carbons (Fsp3) is 0.650. The number of carbonyl (C=O) groups excluding carboxylic acids is 1. The van der Waals surface area contributed by atoms with Crippen molar-refractivity contribution in [3.8, 4) is 5.75 Å². The number of ether oxygens (including phenoxy) is 1. The van der Waals surface area contributed by atoms with Gasteiger partial charge in [0.15, 0.2) is 0 Å². The number of aryl methyl sites for hydroxylation is 1. The number of hydrogen-bond acceptors (Lipinski definition) is 3. The van der Waals surface area contributed by atoms with E-state index >= 15 is 0 Å². The largest absolute Gasteiger partial charge is 0.497 e. The first-order valence-corrected chi connectivity index (χ1v) is 9.25. The van der Waals surface area contributed by atoms with E-state index in [-0.39, 0.29) is 5.91 Å². The van der Waals surface area contributed by atoms with Crippen LogP contribution in [0.3, 0.4) is 0 Å². The molecule has 0 unspecified atom stereocenters. The Morgan fingerprint density at radius 1 is 1.21 bits per heavy atom. The number of rotatable bonds is 9. The molecule has 1 N–H and O–H groups in total. The van der Waals surface area contributed by atoms with Gasteiger partial charge in [-0.2, -0.15) is 0 Å². The molecule has 1 fully saturated rings. The fourth-order valence-electron chi connectivity index (χ4n) is 3.37. The number of carbonyl (C=O) groups is 1. The van der Waals surface area contributed by atoms with Crippen LogP contribution in [0.5, 0.6) is 5.75 Å². The van der Waals surface area contributed by atoms with Gasteiger partial charge in [-0.15, -0.1) is 0 Å². The quantitative estimate of drug-likeness (QED) is 0.755. The summed E-state index contributed by atoms with van der Waals surface area (Å²) in [5.41, 5.74) is 1.31. The molecule has 4 nitrogen and oxygen atoms in total. The van der Waals surface area contributed by atoms with E-state index in [2.05, 4.69) is 22.3 Å². The smallest absolute Gasteiger partial charge is 0.234 e. The molecule has 0 atom stereocenters. The normalized spacial score (nSPS) is 15.5. The highest BCUT2D eigenvalue weighted by atomic mass is 16.5. The molecule has 134 valence electrons. The van der Waals surface area contributed by atoms with Crippen LogP contribution in [-0.2, 0) is 11.2 Å². The van der Waals surface area contributed by atoms with Crippen LogP contribution >= 0.6 is 0 Å². The second-order valence-electron chi connectivity index (χ2n) is 7.00. The maximum absolute atomic E-state index is 12.0. The summed E-state index contributed by atoms with van der Waals surface area (Å²) in [6.07, 6.45) is 8.64. The van der Waals surface area contributed by atoms with Crippen molar-refractivity contribution in [2.75, 3.05) is 33.8 Å². The molecule has 0 saturated heterocycles. The molecule has 1 aliphatic carbocycles. The molecule has 1 aromatic rings. The van der Waals surface area contributed by atoms with Gasteiger partial charge in [0.05, 0.1) is 13.7 Å². The lowest BCUT2D eigenvalue weighted by Gasteiger charge is -2.22. The van der Waals surface area contributed by atoms with E-state index in [1.807, 2.05) is 19.2 Å². The fourth-order valence-corrected chi connectivity index (χ4v) is 3.37. The van der Waals surface area contributed by atoms with Gasteiger partial charge in [0.2, 0.25) is 5.91 Å². The van der Waals surface area contributed by atoms with Gasteiger partial charge in [-0.05, 0) is 62.9 Å². The second-order valence-corrected chi connectivity index (χ2v) is 7.00. The molecular weight excluding hydrogens is 300 g/mol. The second kappa shape index (κ2) is 10.3. The van der Waals surface area contributed by atoms with Crippen molar-refractivity contribution >= 4 is 5.91 Å². The third-order valence-electron chi connectivity index (χ3n) is 4.89. The van der Waals surface area contributed by atoms with E-state index in [0.717, 1.165) is 31.7 Å². The first kappa shape index (κ1) is 18.8. The molecule has 0 heterocycles. The van der Waals surface area contributed by atoms with E-state index in [1.54, 1.807) is 7.11 Å². The number of methoxy groups -OCH3 is 1. The minimum atomic E-state index is 0.160. The Kier molecular flexibility index (Phi) is 8.10. The zero-order valence-corrected chi connectivity index (χ0v) is 15.2. The zero-order valence-electron chi connectivity index (χ0n) is 15.2. The molecule has 0 aliphatic heterocycles. The minimum Gasteiger partial charge on any atom is -0.497 e. The van der Waals surface area contributed by atoms with Crippen molar-refractivity contribution in [3.63, 3.8) is 0 Å². The van der Waals surface area contributed by atoms with Gasteiger partial charge in [-0.3, -0.25) is 9.69 Å². The molecule has 1 saturated carbocycles. The summed E-state index contributed by atoms with van der Waals surface area (Å²) in [4.78, 5) is 14.1. The highest BCUT2D eigenvalue weighted by molar-refractivity contribution is 5.77. The van der Waals surface area contributed by atoms with Crippen LogP contribution in [0.1, 0.15) is 44.1 Å². The lowest BCUT2D eigenvalue weighted by molar-refractivity contribution is -0.122. The maximum atomic E-state index is 12.0. The average Bonchev–Trinajstić information content (AvgIpc) is 2.61. The summed E-state index contributed by atoms with van der Waals surface area (Å²) in [7, 11) is 3.71. The lowest BCUT2D eigenvalue weighted by Crippen LogP contribution is -2.38. The highest BCUT2D eigenvalue weighted by Crippen LogP contribution is 2.22. The van der Waals surface area contributed by atoms with Crippen LogP contribution in [-0.4, -0.2) is 44.6 Å². The van der Waals surface area contributed by atoms with Crippen LogP contribution in [0.25, 0.3) is 0 Å². The number of amides is 1. The summed E-state index contributed by atoms with van der Waals surface area (Å²) in [5, 5.41) is 3.11. The summed E-state index contributed by atoms with van der Waals surface area (Å²) >= 11 is 0. The van der Waals surface area contributed by atoms with Crippen molar-refractivity contribution in [1.82, 2.24) is 10.2 Å². The molecule has 1 aromatic carbocycles. The Morgan fingerprint density at radius 3 is 2.58 bits per heavy atom. The van der Waals surface area contributed by atoms with Crippen molar-refractivity contribution in [1.29, 1.82) is 0 Å². The molecule has 2 rings (SSSR count). The molecule has 0 spiro atoms. The molecule has 1 aliphatic rings. The van der Waals surface area contributed by atoms with E-state index in [0.29, 0.717) is 12.5 Å². The van der Waals surface area contributed by atoms with Crippen molar-refractivity contribution in [2.24, 2.45) is 5.92 Å². The molecule has 0 aromatic heterocycles. The Balaban J connectivity index is 1.57. The van der Waals surface area contributed by atoms with Gasteiger partial charge < -0.3 is 10.1 Å². The van der Waals surface area contributed by atoms with Crippen LogP contribution < -0.4 is 10.1 Å². The highest BCUT2D eigenvalue weighted by Gasteiger charge is 2.14. The predicted octanol–water partition coefficient (Wildman–Crippen LogP) is 3.26. The van der Waals surface area contributed by atoms with Crippen molar-refractivity contribution in [2.45, 2.75) is 44.9 Å². The van der Waals surface area contributed by atoms with Crippen LogP contribution in [0.4, 0.5) is 0 Å². The number of likely N-dealkylation sites (N-methyl/N-ethyl adjacent to an activating group) is 1. The summed E-state index contributed by atoms with van der Waals surface area (Å²) < 4.78 is 5.17. The van der Waals surface area contributed by atoms with Crippen molar-refractivity contribution in [3.05, 3.63) is 29.8 Å².